The Labute approximate surface area is 182 Å². The predicted octanol–water partition coefficient (Wildman–Crippen LogP) is 1.45. The summed E-state index contributed by atoms with van der Waals surface area (Å²) in [4.78, 5) is 23.0. The number of rotatable bonds is 6. The highest BCUT2D eigenvalue weighted by Crippen LogP contribution is 2.50. The van der Waals surface area contributed by atoms with Crippen LogP contribution in [0.25, 0.3) is 5.57 Å². The van der Waals surface area contributed by atoms with Crippen molar-refractivity contribution in [2.45, 2.75) is 69.6 Å². The van der Waals surface area contributed by atoms with Crippen molar-refractivity contribution in [3.63, 3.8) is 0 Å². The van der Waals surface area contributed by atoms with Crippen molar-refractivity contribution in [2.75, 3.05) is 26.3 Å². The number of carbonyl (C=O) groups excluding carboxylic acids is 1. The van der Waals surface area contributed by atoms with Gasteiger partial charge in [-0.05, 0) is 56.4 Å². The van der Waals surface area contributed by atoms with Crippen LogP contribution in [0, 0.1) is 5.92 Å². The van der Waals surface area contributed by atoms with E-state index in [-0.39, 0.29) is 12.0 Å². The van der Waals surface area contributed by atoms with Gasteiger partial charge in [0, 0.05) is 25.6 Å². The quantitative estimate of drug-likeness (QED) is 0.706. The Morgan fingerprint density at radius 3 is 2.74 bits per heavy atom. The molecular weight excluding hydrogens is 396 g/mol. The SMILES string of the molecule is NC(=O)[C@@H](O)C[C@H]1CCC2=C1c1c(ncnc1O[C@H]1CC[C@H](N3CCOCC3)CC1)C2. The summed E-state index contributed by atoms with van der Waals surface area (Å²) in [5.41, 5.74) is 9.85. The molecule has 3 aliphatic carbocycles. The molecule has 2 heterocycles. The number of hydrogen-bond acceptors (Lipinski definition) is 7. The lowest BCUT2D eigenvalue weighted by atomic mass is 9.90. The van der Waals surface area contributed by atoms with Gasteiger partial charge in [-0.2, -0.15) is 0 Å². The van der Waals surface area contributed by atoms with Crippen molar-refractivity contribution in [3.05, 3.63) is 23.2 Å². The number of aliphatic hydroxyl groups is 1. The summed E-state index contributed by atoms with van der Waals surface area (Å²) in [5, 5.41) is 10.0. The Hall–Kier alpha value is -2.03. The number of nitrogens with zero attached hydrogens (tertiary/aromatic N) is 3. The number of fused-ring (bicyclic) bond motifs is 2. The summed E-state index contributed by atoms with van der Waals surface area (Å²) in [5.74, 6) is 0.111. The summed E-state index contributed by atoms with van der Waals surface area (Å²) in [6.07, 6.45) is 8.03. The van der Waals surface area contributed by atoms with Crippen LogP contribution in [0.4, 0.5) is 0 Å². The smallest absolute Gasteiger partial charge is 0.246 e. The van der Waals surface area contributed by atoms with Crippen molar-refractivity contribution in [1.82, 2.24) is 14.9 Å². The minimum Gasteiger partial charge on any atom is -0.474 e. The van der Waals surface area contributed by atoms with E-state index < -0.39 is 12.0 Å². The van der Waals surface area contributed by atoms with Gasteiger partial charge in [-0.3, -0.25) is 9.69 Å². The van der Waals surface area contributed by atoms with Crippen LogP contribution >= 0.6 is 0 Å². The first-order valence-electron chi connectivity index (χ1n) is 11.6. The van der Waals surface area contributed by atoms with Crippen molar-refractivity contribution in [3.8, 4) is 5.88 Å². The number of amides is 1. The van der Waals surface area contributed by atoms with Crippen LogP contribution < -0.4 is 10.5 Å². The molecule has 0 aromatic carbocycles. The Bertz CT molecular complexity index is 859. The first-order chi connectivity index (χ1) is 15.1. The molecule has 8 nitrogen and oxygen atoms in total. The fourth-order valence-electron chi connectivity index (χ4n) is 5.83. The average Bonchev–Trinajstić information content (AvgIpc) is 3.35. The lowest BCUT2D eigenvalue weighted by Crippen LogP contribution is -2.46. The number of allylic oxidation sites excluding steroid dienone is 2. The van der Waals surface area contributed by atoms with Crippen LogP contribution in [0.3, 0.4) is 0 Å². The second-order valence-corrected chi connectivity index (χ2v) is 9.28. The normalized spacial score (nSPS) is 29.5. The fourth-order valence-corrected chi connectivity index (χ4v) is 5.83. The summed E-state index contributed by atoms with van der Waals surface area (Å²) in [7, 11) is 0. The van der Waals surface area contributed by atoms with Gasteiger partial charge >= 0.3 is 0 Å². The monoisotopic (exact) mass is 428 g/mol. The van der Waals surface area contributed by atoms with E-state index in [2.05, 4.69) is 14.9 Å². The molecule has 2 fully saturated rings. The van der Waals surface area contributed by atoms with Gasteiger partial charge in [0.15, 0.2) is 0 Å². The number of carbonyl (C=O) groups is 1. The molecule has 4 aliphatic rings. The molecule has 5 rings (SSSR count). The minimum absolute atomic E-state index is 0.101. The maximum absolute atomic E-state index is 11.4. The second-order valence-electron chi connectivity index (χ2n) is 9.28. The summed E-state index contributed by atoms with van der Waals surface area (Å²) >= 11 is 0. The average molecular weight is 429 g/mol. The fraction of sp³-hybridized carbons (Fsp3) is 0.696. The van der Waals surface area contributed by atoms with Crippen LogP contribution in [0.2, 0.25) is 0 Å². The third kappa shape index (κ3) is 4.21. The topological polar surface area (TPSA) is 111 Å². The van der Waals surface area contributed by atoms with Gasteiger partial charge in [0.1, 0.15) is 18.5 Å². The number of primary amides is 1. The molecule has 1 aromatic heterocycles. The van der Waals surface area contributed by atoms with Crippen LogP contribution in [-0.4, -0.2) is 70.4 Å². The molecule has 0 bridgehead atoms. The first-order valence-corrected chi connectivity index (χ1v) is 11.6. The van der Waals surface area contributed by atoms with E-state index in [1.54, 1.807) is 6.33 Å². The van der Waals surface area contributed by atoms with E-state index in [1.165, 1.54) is 11.1 Å². The van der Waals surface area contributed by atoms with Crippen molar-refractivity contribution in [1.29, 1.82) is 0 Å². The zero-order chi connectivity index (χ0) is 21.4. The first kappa shape index (κ1) is 20.8. The third-order valence-electron chi connectivity index (χ3n) is 7.45. The highest BCUT2D eigenvalue weighted by Gasteiger charge is 2.38. The van der Waals surface area contributed by atoms with Crippen LogP contribution in [-0.2, 0) is 16.0 Å². The molecule has 31 heavy (non-hydrogen) atoms. The molecular formula is C23H32N4O4. The zero-order valence-corrected chi connectivity index (χ0v) is 18.0. The molecule has 8 heteroatoms. The van der Waals surface area contributed by atoms with Gasteiger partial charge in [-0.25, -0.2) is 9.97 Å². The summed E-state index contributed by atoms with van der Waals surface area (Å²) in [6, 6.07) is 0.628. The molecule has 0 radical (unpaired) electrons. The number of ether oxygens (including phenoxy) is 2. The Balaban J connectivity index is 1.27. The summed E-state index contributed by atoms with van der Waals surface area (Å²) in [6.45, 7) is 3.75. The molecule has 1 aromatic rings. The molecule has 1 saturated carbocycles. The lowest BCUT2D eigenvalue weighted by Gasteiger charge is -2.38. The van der Waals surface area contributed by atoms with Gasteiger partial charge in [0.25, 0.3) is 0 Å². The molecule has 0 spiro atoms. The van der Waals surface area contributed by atoms with Gasteiger partial charge in [0.05, 0.1) is 24.5 Å². The number of aliphatic hydroxyl groups excluding tert-OH is 1. The van der Waals surface area contributed by atoms with Crippen molar-refractivity contribution in [2.24, 2.45) is 11.7 Å². The minimum atomic E-state index is -1.12. The van der Waals surface area contributed by atoms with E-state index in [1.807, 2.05) is 0 Å². The Morgan fingerprint density at radius 1 is 1.23 bits per heavy atom. The van der Waals surface area contributed by atoms with E-state index >= 15 is 0 Å². The number of hydrogen-bond donors (Lipinski definition) is 2. The zero-order valence-electron chi connectivity index (χ0n) is 18.0. The third-order valence-corrected chi connectivity index (χ3v) is 7.45. The van der Waals surface area contributed by atoms with E-state index in [0.29, 0.717) is 18.3 Å². The molecule has 1 aliphatic heterocycles. The van der Waals surface area contributed by atoms with E-state index in [4.69, 9.17) is 15.2 Å². The molecule has 168 valence electrons. The second kappa shape index (κ2) is 8.84. The molecule has 0 unspecified atom stereocenters. The van der Waals surface area contributed by atoms with Gasteiger partial charge in [-0.1, -0.05) is 5.57 Å². The van der Waals surface area contributed by atoms with Crippen LogP contribution in [0.1, 0.15) is 56.2 Å². The van der Waals surface area contributed by atoms with Crippen molar-refractivity contribution >= 4 is 11.5 Å². The van der Waals surface area contributed by atoms with Crippen LogP contribution in [0.15, 0.2) is 11.9 Å². The highest BCUT2D eigenvalue weighted by molar-refractivity contribution is 5.83. The number of morpholine rings is 1. The van der Waals surface area contributed by atoms with Gasteiger partial charge < -0.3 is 20.3 Å². The standard InChI is InChI=1S/C23H32N4O4/c24-22(29)19(28)12-15-2-1-14-11-18-21(20(14)15)23(26-13-25-18)31-17-5-3-16(4-6-17)27-7-9-30-10-8-27/h13,15-17,19,28H,1-12H2,(H2,24,29)/t15-,16-,17-,19+/m1/s1. The highest BCUT2D eigenvalue weighted by atomic mass is 16.5. The van der Waals surface area contributed by atoms with Crippen molar-refractivity contribution < 1.29 is 19.4 Å². The van der Waals surface area contributed by atoms with E-state index in [0.717, 1.165) is 82.5 Å². The van der Waals surface area contributed by atoms with Crippen LogP contribution in [0.5, 0.6) is 5.88 Å². The molecule has 1 amide bonds. The molecule has 1 saturated heterocycles. The van der Waals surface area contributed by atoms with Gasteiger partial charge in [-0.15, -0.1) is 0 Å². The number of aromatic nitrogens is 2. The van der Waals surface area contributed by atoms with E-state index in [9.17, 15) is 9.90 Å². The maximum Gasteiger partial charge on any atom is 0.246 e. The molecule has 2 atom stereocenters. The Morgan fingerprint density at radius 2 is 2.00 bits per heavy atom. The molecule has 3 N–H and O–H groups in total. The maximum atomic E-state index is 11.4. The van der Waals surface area contributed by atoms with Gasteiger partial charge in [0.2, 0.25) is 11.8 Å². The number of nitrogens with two attached hydrogens (primary N) is 1. The summed E-state index contributed by atoms with van der Waals surface area (Å²) < 4.78 is 11.9. The lowest BCUT2D eigenvalue weighted by molar-refractivity contribution is -0.126. The Kier molecular flexibility index (Phi) is 5.95. The predicted molar refractivity (Wildman–Crippen MR) is 114 cm³/mol. The largest absolute Gasteiger partial charge is 0.474 e.